The lowest BCUT2D eigenvalue weighted by Gasteiger charge is -2.38. The Morgan fingerprint density at radius 3 is 2.17 bits per heavy atom. The molecule has 1 unspecified atom stereocenters. The Bertz CT molecular complexity index is 520. The van der Waals surface area contributed by atoms with Crippen LogP contribution in [-0.4, -0.2) is 40.8 Å². The van der Waals surface area contributed by atoms with Crippen molar-refractivity contribution in [1.82, 2.24) is 4.90 Å². The minimum Gasteiger partial charge on any atom is -0.309 e. The van der Waals surface area contributed by atoms with Crippen LogP contribution in [0.2, 0.25) is 32.7 Å². The van der Waals surface area contributed by atoms with Gasteiger partial charge < -0.3 is 4.90 Å². The molecule has 0 saturated carbocycles. The average Bonchev–Trinajstić information content (AvgIpc) is 2.45. The van der Waals surface area contributed by atoms with E-state index >= 15 is 0 Å². The van der Waals surface area contributed by atoms with Crippen LogP contribution in [0.25, 0.3) is 0 Å². The summed E-state index contributed by atoms with van der Waals surface area (Å²) in [7, 11) is 1.90. The van der Waals surface area contributed by atoms with E-state index in [-0.39, 0.29) is 0 Å². The van der Waals surface area contributed by atoms with Gasteiger partial charge in [-0.3, -0.25) is 0 Å². The van der Waals surface area contributed by atoms with Crippen molar-refractivity contribution < 1.29 is 0 Å². The zero-order valence-electron chi connectivity index (χ0n) is 16.2. The molecular formula is C20H35NSi2. The quantitative estimate of drug-likeness (QED) is 0.370. The van der Waals surface area contributed by atoms with Crippen LogP contribution in [-0.2, 0) is 0 Å². The summed E-state index contributed by atoms with van der Waals surface area (Å²) in [5, 5.41) is 1.56. The number of nitrogens with zero attached hydrogens (tertiary/aromatic N) is 1. The molecule has 0 N–H and O–H groups in total. The van der Waals surface area contributed by atoms with Gasteiger partial charge in [-0.1, -0.05) is 74.0 Å². The lowest BCUT2D eigenvalue weighted by molar-refractivity contribution is 0.344. The first-order chi connectivity index (χ1) is 10.6. The van der Waals surface area contributed by atoms with E-state index < -0.39 is 16.1 Å². The molecule has 1 atom stereocenters. The molecular weight excluding hydrogens is 310 g/mol. The van der Waals surface area contributed by atoms with Crippen molar-refractivity contribution in [2.24, 2.45) is 0 Å². The number of benzene rings is 1. The highest BCUT2D eigenvalue weighted by Crippen LogP contribution is 2.19. The summed E-state index contributed by atoms with van der Waals surface area (Å²) in [6.07, 6.45) is 5.90. The van der Waals surface area contributed by atoms with Crippen molar-refractivity contribution in [2.75, 3.05) is 14.1 Å². The van der Waals surface area contributed by atoms with Gasteiger partial charge in [0.1, 0.15) is 0 Å². The van der Waals surface area contributed by atoms with Gasteiger partial charge in [0.25, 0.3) is 0 Å². The van der Waals surface area contributed by atoms with Gasteiger partial charge in [-0.15, -0.1) is 5.73 Å². The molecule has 0 fully saturated rings. The van der Waals surface area contributed by atoms with Crippen LogP contribution in [0.5, 0.6) is 0 Å². The zero-order chi connectivity index (χ0) is 17.5. The molecule has 1 rings (SSSR count). The van der Waals surface area contributed by atoms with Crippen LogP contribution in [0.4, 0.5) is 0 Å². The van der Waals surface area contributed by atoms with Gasteiger partial charge in [-0.05, 0) is 39.4 Å². The molecule has 23 heavy (non-hydrogen) atoms. The minimum atomic E-state index is -1.48. The molecule has 3 heteroatoms. The Morgan fingerprint density at radius 1 is 1.04 bits per heavy atom. The van der Waals surface area contributed by atoms with Crippen LogP contribution >= 0.6 is 0 Å². The molecule has 0 radical (unpaired) electrons. The molecule has 128 valence electrons. The van der Waals surface area contributed by atoms with Crippen molar-refractivity contribution in [3.63, 3.8) is 0 Å². The minimum absolute atomic E-state index is 0.680. The Hall–Kier alpha value is -0.866. The van der Waals surface area contributed by atoms with Gasteiger partial charge in [-0.25, -0.2) is 0 Å². The molecule has 1 nitrogen and oxygen atoms in total. The van der Waals surface area contributed by atoms with Crippen molar-refractivity contribution in [2.45, 2.75) is 57.7 Å². The Kier molecular flexibility index (Phi) is 7.75. The summed E-state index contributed by atoms with van der Waals surface area (Å²) in [5.74, 6) is 0. The second-order valence-electron chi connectivity index (χ2n) is 8.38. The molecule has 0 saturated heterocycles. The normalized spacial score (nSPS) is 13.6. The highest BCUT2D eigenvalue weighted by molar-refractivity contribution is 6.91. The highest BCUT2D eigenvalue weighted by Gasteiger charge is 2.34. The van der Waals surface area contributed by atoms with Crippen molar-refractivity contribution in [1.29, 1.82) is 0 Å². The topological polar surface area (TPSA) is 3.24 Å². The number of allylic oxidation sites excluding steroid dienone is 1. The largest absolute Gasteiger partial charge is 0.309 e. The Balaban J connectivity index is 2.68. The summed E-state index contributed by atoms with van der Waals surface area (Å²) in [5.41, 5.74) is 6.39. The summed E-state index contributed by atoms with van der Waals surface area (Å²) >= 11 is 0. The summed E-state index contributed by atoms with van der Waals surface area (Å²) in [4.78, 5) is 2.45. The molecule has 0 aromatic heterocycles. The summed E-state index contributed by atoms with van der Waals surface area (Å²) in [6, 6.07) is 11.1. The SMILES string of the molecule is CN(C)C(CCCC=C=C[Si](C)(C)C)[Si](C)(C)c1ccccc1. The molecule has 0 aliphatic rings. The second kappa shape index (κ2) is 8.84. The van der Waals surface area contributed by atoms with Gasteiger partial charge in [-0.2, -0.15) is 0 Å². The third-order valence-electron chi connectivity index (χ3n) is 4.43. The van der Waals surface area contributed by atoms with E-state index in [1.54, 1.807) is 5.19 Å². The van der Waals surface area contributed by atoms with Crippen LogP contribution in [0.15, 0.2) is 47.8 Å². The van der Waals surface area contributed by atoms with Crippen molar-refractivity contribution >= 4 is 21.3 Å². The third kappa shape index (κ3) is 7.05. The molecule has 0 bridgehead atoms. The van der Waals surface area contributed by atoms with Crippen molar-refractivity contribution in [3.8, 4) is 0 Å². The third-order valence-corrected chi connectivity index (χ3v) is 9.76. The van der Waals surface area contributed by atoms with Crippen LogP contribution < -0.4 is 5.19 Å². The number of unbranched alkanes of at least 4 members (excludes halogenated alkanes) is 1. The molecule has 0 aliphatic heterocycles. The van der Waals surface area contributed by atoms with Crippen LogP contribution in [0, 0.1) is 0 Å². The second-order valence-corrected chi connectivity index (χ2v) is 18.1. The van der Waals surface area contributed by atoms with Crippen LogP contribution in [0.1, 0.15) is 19.3 Å². The maximum Gasteiger partial charge on any atom is 0.0986 e. The number of rotatable bonds is 8. The van der Waals surface area contributed by atoms with Gasteiger partial charge in [0, 0.05) is 5.67 Å². The van der Waals surface area contributed by atoms with E-state index in [0.717, 1.165) is 6.42 Å². The Labute approximate surface area is 146 Å². The lowest BCUT2D eigenvalue weighted by Crippen LogP contribution is -2.58. The fraction of sp³-hybridized carbons (Fsp3) is 0.550. The highest BCUT2D eigenvalue weighted by atomic mass is 28.3. The molecule has 0 heterocycles. The molecule has 0 aliphatic carbocycles. The molecule has 1 aromatic rings. The average molecular weight is 346 g/mol. The van der Waals surface area contributed by atoms with Gasteiger partial charge in [0.2, 0.25) is 0 Å². The van der Waals surface area contributed by atoms with Gasteiger partial charge in [0.05, 0.1) is 16.1 Å². The van der Waals surface area contributed by atoms with E-state index in [9.17, 15) is 0 Å². The molecule has 0 spiro atoms. The number of hydrogen-bond acceptors (Lipinski definition) is 1. The monoisotopic (exact) mass is 345 g/mol. The smallest absolute Gasteiger partial charge is 0.0986 e. The van der Waals surface area contributed by atoms with E-state index in [4.69, 9.17) is 0 Å². The fourth-order valence-electron chi connectivity index (χ4n) is 3.13. The maximum absolute atomic E-state index is 3.41. The zero-order valence-corrected chi connectivity index (χ0v) is 18.2. The predicted molar refractivity (Wildman–Crippen MR) is 111 cm³/mol. The van der Waals surface area contributed by atoms with E-state index in [2.05, 4.69) is 99.6 Å². The van der Waals surface area contributed by atoms with E-state index in [1.165, 1.54) is 12.8 Å². The van der Waals surface area contributed by atoms with Crippen molar-refractivity contribution in [3.05, 3.63) is 47.8 Å². The first kappa shape index (κ1) is 20.2. The molecule has 1 aromatic carbocycles. The van der Waals surface area contributed by atoms with E-state index in [1.807, 2.05) is 0 Å². The Morgan fingerprint density at radius 2 is 1.65 bits per heavy atom. The van der Waals surface area contributed by atoms with Crippen LogP contribution in [0.3, 0.4) is 0 Å². The number of hydrogen-bond donors (Lipinski definition) is 0. The summed E-state index contributed by atoms with van der Waals surface area (Å²) in [6.45, 7) is 12.1. The van der Waals surface area contributed by atoms with Gasteiger partial charge >= 0.3 is 0 Å². The first-order valence-electron chi connectivity index (χ1n) is 8.78. The fourth-order valence-corrected chi connectivity index (χ4v) is 7.40. The predicted octanol–water partition coefficient (Wildman–Crippen LogP) is 4.83. The van der Waals surface area contributed by atoms with E-state index in [0.29, 0.717) is 5.67 Å². The lowest BCUT2D eigenvalue weighted by atomic mass is 10.2. The standard InChI is InChI=1S/C20H35NSi2/c1-21(2)20(17-13-8-9-14-18-22(3,4)5)23(6,7)19-15-11-10-12-16-19/h9-12,15-16,18,20H,8,13,17H2,1-7H3. The van der Waals surface area contributed by atoms with Gasteiger partial charge in [0.15, 0.2) is 0 Å². The maximum atomic E-state index is 3.41. The summed E-state index contributed by atoms with van der Waals surface area (Å²) < 4.78 is 0. The molecule has 0 amide bonds. The first-order valence-corrected chi connectivity index (χ1v) is 15.4.